The Morgan fingerprint density at radius 1 is 1.08 bits per heavy atom. The molecule has 1 atom stereocenters. The minimum absolute atomic E-state index is 0.199. The van der Waals surface area contributed by atoms with Gasteiger partial charge in [0.25, 0.3) is 0 Å². The molecule has 2 amide bonds. The fourth-order valence-corrected chi connectivity index (χ4v) is 3.11. The molecule has 1 aliphatic heterocycles. The topological polar surface area (TPSA) is 64.0 Å². The van der Waals surface area contributed by atoms with Crippen LogP contribution in [0.4, 0.5) is 0 Å². The van der Waals surface area contributed by atoms with E-state index in [1.165, 1.54) is 0 Å². The van der Waals surface area contributed by atoms with E-state index in [9.17, 15) is 9.59 Å². The van der Waals surface area contributed by atoms with Gasteiger partial charge in [0, 0.05) is 28.9 Å². The number of carbonyl (C=O) groups excluding carboxylic acids is 2. The Morgan fingerprint density at radius 3 is 2.48 bits per heavy atom. The van der Waals surface area contributed by atoms with Crippen LogP contribution < -0.4 is 5.32 Å². The summed E-state index contributed by atoms with van der Waals surface area (Å²) in [7, 11) is 0. The number of hydrogen-bond donors (Lipinski definition) is 1. The van der Waals surface area contributed by atoms with Gasteiger partial charge in [0.2, 0.25) is 11.8 Å². The van der Waals surface area contributed by atoms with Gasteiger partial charge in [-0.05, 0) is 24.5 Å². The Kier molecular flexibility index (Phi) is 4.83. The van der Waals surface area contributed by atoms with Crippen molar-refractivity contribution in [2.45, 2.75) is 39.7 Å². The lowest BCUT2D eigenvalue weighted by Crippen LogP contribution is -2.41. The SMILES string of the molecule is CC(C)C.O=C1CCC(n2c3ccccc3c3ccncc32)C(=O)N1. The predicted octanol–water partition coefficient (Wildman–Crippen LogP) is 3.83. The maximum absolute atomic E-state index is 12.2. The number of imide groups is 1. The van der Waals surface area contributed by atoms with E-state index in [2.05, 4.69) is 31.1 Å². The summed E-state index contributed by atoms with van der Waals surface area (Å²) in [6.07, 6.45) is 4.42. The van der Waals surface area contributed by atoms with E-state index in [4.69, 9.17) is 0 Å². The minimum Gasteiger partial charge on any atom is -0.327 e. The Hall–Kier alpha value is -2.69. The fraction of sp³-hybridized carbons (Fsp3) is 0.350. The van der Waals surface area contributed by atoms with Gasteiger partial charge in [-0.1, -0.05) is 39.0 Å². The van der Waals surface area contributed by atoms with Gasteiger partial charge in [-0.2, -0.15) is 0 Å². The number of pyridine rings is 1. The normalized spacial score (nSPS) is 17.5. The molecular formula is C20H23N3O2. The average Bonchev–Trinajstić information content (AvgIpc) is 2.89. The van der Waals surface area contributed by atoms with Crippen LogP contribution in [0.2, 0.25) is 0 Å². The van der Waals surface area contributed by atoms with E-state index >= 15 is 0 Å². The van der Waals surface area contributed by atoms with Gasteiger partial charge in [0.15, 0.2) is 0 Å². The van der Waals surface area contributed by atoms with E-state index in [0.29, 0.717) is 12.8 Å². The number of hydrogen-bond acceptors (Lipinski definition) is 3. The van der Waals surface area contributed by atoms with Crippen molar-refractivity contribution in [3.63, 3.8) is 0 Å². The van der Waals surface area contributed by atoms with Gasteiger partial charge in [-0.3, -0.25) is 19.9 Å². The largest absolute Gasteiger partial charge is 0.327 e. The molecule has 0 radical (unpaired) electrons. The van der Waals surface area contributed by atoms with E-state index in [-0.39, 0.29) is 17.9 Å². The monoisotopic (exact) mass is 337 g/mol. The van der Waals surface area contributed by atoms with Crippen molar-refractivity contribution < 1.29 is 9.59 Å². The third-order valence-corrected chi connectivity index (χ3v) is 4.04. The maximum atomic E-state index is 12.2. The van der Waals surface area contributed by atoms with E-state index in [0.717, 1.165) is 27.7 Å². The number of piperidine rings is 1. The molecule has 3 aromatic rings. The summed E-state index contributed by atoms with van der Waals surface area (Å²) in [6, 6.07) is 9.57. The first kappa shape index (κ1) is 17.1. The average molecular weight is 337 g/mol. The van der Waals surface area contributed by atoms with Crippen LogP contribution in [0.3, 0.4) is 0 Å². The van der Waals surface area contributed by atoms with Crippen LogP contribution in [-0.2, 0) is 9.59 Å². The Balaban J connectivity index is 0.000000415. The van der Waals surface area contributed by atoms with Gasteiger partial charge >= 0.3 is 0 Å². The molecule has 25 heavy (non-hydrogen) atoms. The third-order valence-electron chi connectivity index (χ3n) is 4.04. The molecule has 2 aromatic heterocycles. The van der Waals surface area contributed by atoms with Gasteiger partial charge < -0.3 is 4.57 Å². The molecule has 1 N–H and O–H groups in total. The van der Waals surface area contributed by atoms with Crippen LogP contribution >= 0.6 is 0 Å². The summed E-state index contributed by atoms with van der Waals surface area (Å²) in [4.78, 5) is 27.8. The number of nitrogens with one attached hydrogen (secondary N) is 1. The molecule has 1 saturated heterocycles. The molecule has 0 aliphatic carbocycles. The lowest BCUT2D eigenvalue weighted by Gasteiger charge is -2.23. The number of amides is 2. The molecule has 130 valence electrons. The van der Waals surface area contributed by atoms with Crippen molar-refractivity contribution in [1.29, 1.82) is 0 Å². The molecule has 1 unspecified atom stereocenters. The van der Waals surface area contributed by atoms with Crippen LogP contribution in [0.15, 0.2) is 42.7 Å². The molecule has 1 aliphatic rings. The quantitative estimate of drug-likeness (QED) is 0.686. The number of fused-ring (bicyclic) bond motifs is 3. The van der Waals surface area contributed by atoms with Crippen LogP contribution in [0.5, 0.6) is 0 Å². The Bertz CT molecular complexity index is 871. The summed E-state index contributed by atoms with van der Waals surface area (Å²) in [6.45, 7) is 6.50. The molecule has 0 saturated carbocycles. The summed E-state index contributed by atoms with van der Waals surface area (Å²) in [5.41, 5.74) is 1.92. The van der Waals surface area contributed by atoms with Crippen molar-refractivity contribution in [2.24, 2.45) is 5.92 Å². The molecule has 0 spiro atoms. The second-order valence-electron chi connectivity index (χ2n) is 6.98. The summed E-state index contributed by atoms with van der Waals surface area (Å²) < 4.78 is 2.00. The zero-order chi connectivity index (χ0) is 18.0. The highest BCUT2D eigenvalue weighted by Crippen LogP contribution is 2.33. The molecule has 5 nitrogen and oxygen atoms in total. The number of rotatable bonds is 1. The van der Waals surface area contributed by atoms with E-state index < -0.39 is 0 Å². The molecule has 5 heteroatoms. The molecule has 0 bridgehead atoms. The van der Waals surface area contributed by atoms with Crippen LogP contribution in [0.25, 0.3) is 21.8 Å². The first-order chi connectivity index (χ1) is 12.0. The molecule has 3 heterocycles. The van der Waals surface area contributed by atoms with E-state index in [1.807, 2.05) is 34.9 Å². The molecular weight excluding hydrogens is 314 g/mol. The zero-order valence-electron chi connectivity index (χ0n) is 14.8. The van der Waals surface area contributed by atoms with Crippen LogP contribution in [0.1, 0.15) is 39.7 Å². The van der Waals surface area contributed by atoms with Gasteiger partial charge in [-0.25, -0.2) is 0 Å². The Labute approximate surface area is 147 Å². The lowest BCUT2D eigenvalue weighted by molar-refractivity contribution is -0.135. The summed E-state index contributed by atoms with van der Waals surface area (Å²) >= 11 is 0. The lowest BCUT2D eigenvalue weighted by atomic mass is 10.1. The van der Waals surface area contributed by atoms with Crippen molar-refractivity contribution >= 4 is 33.6 Å². The second kappa shape index (κ2) is 7.05. The molecule has 4 rings (SSSR count). The van der Waals surface area contributed by atoms with Crippen LogP contribution in [0, 0.1) is 5.92 Å². The summed E-state index contributed by atoms with van der Waals surface area (Å²) in [5, 5.41) is 4.60. The molecule has 1 aromatic carbocycles. The van der Waals surface area contributed by atoms with Crippen molar-refractivity contribution in [1.82, 2.24) is 14.9 Å². The van der Waals surface area contributed by atoms with Crippen LogP contribution in [-0.4, -0.2) is 21.4 Å². The van der Waals surface area contributed by atoms with Gasteiger partial charge in [-0.15, -0.1) is 0 Å². The smallest absolute Gasteiger partial charge is 0.249 e. The van der Waals surface area contributed by atoms with Crippen molar-refractivity contribution in [2.75, 3.05) is 0 Å². The number of aromatic nitrogens is 2. The van der Waals surface area contributed by atoms with Gasteiger partial charge in [0.1, 0.15) is 6.04 Å². The van der Waals surface area contributed by atoms with E-state index in [1.54, 1.807) is 12.4 Å². The standard InChI is InChI=1S/C16H13N3O2.C4H10/c20-15-6-5-13(16(21)18-15)19-12-4-2-1-3-10(12)11-7-8-17-9-14(11)19;1-4(2)3/h1-4,7-9,13H,5-6H2,(H,18,20,21);4H,1-3H3. The maximum Gasteiger partial charge on any atom is 0.249 e. The number of benzene rings is 1. The second-order valence-corrected chi connectivity index (χ2v) is 6.98. The Morgan fingerprint density at radius 2 is 1.76 bits per heavy atom. The molecule has 1 fully saturated rings. The zero-order valence-corrected chi connectivity index (χ0v) is 14.8. The first-order valence-electron chi connectivity index (χ1n) is 8.65. The fourth-order valence-electron chi connectivity index (χ4n) is 3.11. The number of nitrogens with zero attached hydrogens (tertiary/aromatic N) is 2. The summed E-state index contributed by atoms with van der Waals surface area (Å²) in [5.74, 6) is 0.396. The predicted molar refractivity (Wildman–Crippen MR) is 99.2 cm³/mol. The highest BCUT2D eigenvalue weighted by Gasteiger charge is 2.30. The number of carbonyl (C=O) groups is 2. The van der Waals surface area contributed by atoms with Crippen molar-refractivity contribution in [3.05, 3.63) is 42.7 Å². The third kappa shape index (κ3) is 3.40. The highest BCUT2D eigenvalue weighted by molar-refractivity contribution is 6.09. The number of para-hydroxylation sites is 1. The highest BCUT2D eigenvalue weighted by atomic mass is 16.2. The van der Waals surface area contributed by atoms with Crippen molar-refractivity contribution in [3.8, 4) is 0 Å². The first-order valence-corrected chi connectivity index (χ1v) is 8.65. The minimum atomic E-state index is -0.366. The van der Waals surface area contributed by atoms with Gasteiger partial charge in [0.05, 0.1) is 11.7 Å².